The van der Waals surface area contributed by atoms with Gasteiger partial charge in [0, 0.05) is 13.1 Å². The highest BCUT2D eigenvalue weighted by molar-refractivity contribution is 6.07. The summed E-state index contributed by atoms with van der Waals surface area (Å²) >= 11 is 0. The van der Waals surface area contributed by atoms with E-state index in [-0.39, 0.29) is 24.5 Å². The third-order valence-electron chi connectivity index (χ3n) is 3.67. The van der Waals surface area contributed by atoms with Gasteiger partial charge in [0.2, 0.25) is 0 Å². The van der Waals surface area contributed by atoms with Crippen molar-refractivity contribution in [1.82, 2.24) is 4.90 Å². The van der Waals surface area contributed by atoms with E-state index in [9.17, 15) is 14.9 Å². The monoisotopic (exact) mass is 328 g/mol. The highest BCUT2D eigenvalue weighted by Crippen LogP contribution is 2.24. The van der Waals surface area contributed by atoms with Gasteiger partial charge in [-0.3, -0.25) is 9.59 Å². The minimum atomic E-state index is -0.459. The third kappa shape index (κ3) is 4.43. The molecule has 0 aromatic heterocycles. The van der Waals surface area contributed by atoms with Crippen LogP contribution in [-0.4, -0.2) is 49.7 Å². The number of carbonyl (C=O) groups is 2. The summed E-state index contributed by atoms with van der Waals surface area (Å²) in [5.41, 5.74) is 1.05. The molecule has 0 bridgehead atoms. The highest BCUT2D eigenvalue weighted by Gasteiger charge is 2.25. The van der Waals surface area contributed by atoms with Crippen LogP contribution in [0.15, 0.2) is 35.9 Å². The first kappa shape index (κ1) is 17.7. The molecule has 1 aromatic rings. The summed E-state index contributed by atoms with van der Waals surface area (Å²) in [6.45, 7) is 3.73. The number of ether oxygens (including phenoxy) is 2. The average Bonchev–Trinajstić information content (AvgIpc) is 2.63. The van der Waals surface area contributed by atoms with Gasteiger partial charge in [0.1, 0.15) is 11.6 Å². The Bertz CT molecular complexity index is 655. The molecule has 0 unspecified atom stereocenters. The fourth-order valence-corrected chi connectivity index (χ4v) is 2.50. The third-order valence-corrected chi connectivity index (χ3v) is 3.67. The largest absolute Gasteiger partial charge is 0.466 e. The standard InChI is InChI=1S/C18H20N2O4/c1-2-24-17(21)12-15(14-6-4-3-5-7-14)16(13-19)18(22)20-8-10-23-11-9-20/h3-7H,2,8-12H2,1H3/b16-15-. The van der Waals surface area contributed by atoms with Crippen LogP contribution in [0.1, 0.15) is 18.9 Å². The lowest BCUT2D eigenvalue weighted by Gasteiger charge is -2.27. The maximum atomic E-state index is 12.7. The molecule has 126 valence electrons. The zero-order chi connectivity index (χ0) is 17.4. The lowest BCUT2D eigenvalue weighted by Crippen LogP contribution is -2.41. The fraction of sp³-hybridized carbons (Fsp3) is 0.389. The van der Waals surface area contributed by atoms with Crippen LogP contribution >= 0.6 is 0 Å². The number of carbonyl (C=O) groups excluding carboxylic acids is 2. The minimum absolute atomic E-state index is 0.0175. The van der Waals surface area contributed by atoms with Crippen LogP contribution in [0.25, 0.3) is 5.57 Å². The second kappa shape index (κ2) is 8.85. The first-order chi connectivity index (χ1) is 11.7. The van der Waals surface area contributed by atoms with Crippen LogP contribution in [0, 0.1) is 11.3 Å². The molecule has 0 N–H and O–H groups in total. The van der Waals surface area contributed by atoms with E-state index in [0.717, 1.165) is 0 Å². The molecule has 1 aromatic carbocycles. The Kier molecular flexibility index (Phi) is 6.52. The molecule has 1 heterocycles. The summed E-state index contributed by atoms with van der Waals surface area (Å²) in [6.07, 6.45) is -0.114. The van der Waals surface area contributed by atoms with E-state index in [2.05, 4.69) is 0 Å². The molecule has 6 nitrogen and oxygen atoms in total. The molecule has 24 heavy (non-hydrogen) atoms. The van der Waals surface area contributed by atoms with E-state index < -0.39 is 5.97 Å². The van der Waals surface area contributed by atoms with Crippen molar-refractivity contribution in [3.63, 3.8) is 0 Å². The van der Waals surface area contributed by atoms with Crippen LogP contribution in [0.2, 0.25) is 0 Å². The van der Waals surface area contributed by atoms with Crippen molar-refractivity contribution in [2.45, 2.75) is 13.3 Å². The van der Waals surface area contributed by atoms with E-state index in [1.807, 2.05) is 12.1 Å². The molecule has 1 aliphatic heterocycles. The first-order valence-corrected chi connectivity index (χ1v) is 7.88. The number of rotatable bonds is 5. The quantitative estimate of drug-likeness (QED) is 0.467. The molecule has 0 saturated carbocycles. The number of amides is 1. The van der Waals surface area contributed by atoms with E-state index in [1.165, 1.54) is 0 Å². The second-order valence-electron chi connectivity index (χ2n) is 5.22. The fourth-order valence-electron chi connectivity index (χ4n) is 2.50. The van der Waals surface area contributed by atoms with E-state index in [4.69, 9.17) is 9.47 Å². The van der Waals surface area contributed by atoms with Crippen molar-refractivity contribution < 1.29 is 19.1 Å². The summed E-state index contributed by atoms with van der Waals surface area (Å²) in [7, 11) is 0. The van der Waals surface area contributed by atoms with E-state index >= 15 is 0 Å². The number of esters is 1. The van der Waals surface area contributed by atoms with Gasteiger partial charge in [0.25, 0.3) is 5.91 Å². The van der Waals surface area contributed by atoms with Crippen LogP contribution in [0.3, 0.4) is 0 Å². The molecule has 0 spiro atoms. The molecular weight excluding hydrogens is 308 g/mol. The van der Waals surface area contributed by atoms with Gasteiger partial charge in [-0.15, -0.1) is 0 Å². The van der Waals surface area contributed by atoms with Crippen molar-refractivity contribution in [1.29, 1.82) is 5.26 Å². The zero-order valence-electron chi connectivity index (χ0n) is 13.7. The molecule has 1 saturated heterocycles. The van der Waals surface area contributed by atoms with Gasteiger partial charge in [0.05, 0.1) is 26.2 Å². The molecular formula is C18H20N2O4. The number of benzene rings is 1. The van der Waals surface area contributed by atoms with Crippen molar-refractivity contribution in [2.24, 2.45) is 0 Å². The first-order valence-electron chi connectivity index (χ1n) is 7.88. The molecule has 1 amide bonds. The molecule has 1 aliphatic rings. The predicted molar refractivity (Wildman–Crippen MR) is 87.6 cm³/mol. The topological polar surface area (TPSA) is 79.6 Å². The summed E-state index contributed by atoms with van der Waals surface area (Å²) in [5, 5.41) is 9.56. The van der Waals surface area contributed by atoms with Crippen molar-refractivity contribution in [3.8, 4) is 6.07 Å². The lowest BCUT2D eigenvalue weighted by atomic mass is 9.96. The van der Waals surface area contributed by atoms with E-state index in [0.29, 0.717) is 37.4 Å². The Labute approximate surface area is 141 Å². The Balaban J connectivity index is 2.39. The van der Waals surface area contributed by atoms with Gasteiger partial charge in [-0.1, -0.05) is 30.3 Å². The Morgan fingerprint density at radius 1 is 1.25 bits per heavy atom. The average molecular weight is 328 g/mol. The second-order valence-corrected chi connectivity index (χ2v) is 5.22. The predicted octanol–water partition coefficient (Wildman–Crippen LogP) is 1.78. The molecule has 1 fully saturated rings. The SMILES string of the molecule is CCOC(=O)C/C(=C(\C#N)C(=O)N1CCOCC1)c1ccccc1. The normalized spacial score (nSPS) is 15.2. The number of nitriles is 1. The van der Waals surface area contributed by atoms with Gasteiger partial charge in [-0.25, -0.2) is 0 Å². The Hall–Kier alpha value is -2.65. The summed E-state index contributed by atoms with van der Waals surface area (Å²) in [6, 6.07) is 11.0. The zero-order valence-corrected chi connectivity index (χ0v) is 13.7. The number of hydrogen-bond donors (Lipinski definition) is 0. The lowest BCUT2D eigenvalue weighted by molar-refractivity contribution is -0.141. The summed E-state index contributed by atoms with van der Waals surface area (Å²) in [5.74, 6) is -0.831. The summed E-state index contributed by atoms with van der Waals surface area (Å²) < 4.78 is 10.2. The maximum absolute atomic E-state index is 12.7. The number of nitrogens with zero attached hydrogens (tertiary/aromatic N) is 2. The molecule has 0 atom stereocenters. The van der Waals surface area contributed by atoms with Crippen LogP contribution in [0.4, 0.5) is 0 Å². The van der Waals surface area contributed by atoms with Crippen LogP contribution in [0.5, 0.6) is 0 Å². The van der Waals surface area contributed by atoms with Gasteiger partial charge in [-0.05, 0) is 18.1 Å². The van der Waals surface area contributed by atoms with Gasteiger partial charge >= 0.3 is 5.97 Å². The summed E-state index contributed by atoms with van der Waals surface area (Å²) in [4.78, 5) is 26.2. The van der Waals surface area contributed by atoms with Crippen molar-refractivity contribution in [2.75, 3.05) is 32.9 Å². The number of hydrogen-bond acceptors (Lipinski definition) is 5. The minimum Gasteiger partial charge on any atom is -0.466 e. The Morgan fingerprint density at radius 2 is 1.92 bits per heavy atom. The Morgan fingerprint density at radius 3 is 2.50 bits per heavy atom. The van der Waals surface area contributed by atoms with E-state index in [1.54, 1.807) is 36.1 Å². The van der Waals surface area contributed by atoms with Gasteiger partial charge in [-0.2, -0.15) is 5.26 Å². The highest BCUT2D eigenvalue weighted by atomic mass is 16.5. The molecule has 6 heteroatoms. The maximum Gasteiger partial charge on any atom is 0.310 e. The van der Waals surface area contributed by atoms with Crippen molar-refractivity contribution in [3.05, 3.63) is 41.5 Å². The van der Waals surface area contributed by atoms with Gasteiger partial charge in [0.15, 0.2) is 0 Å². The van der Waals surface area contributed by atoms with Crippen LogP contribution in [-0.2, 0) is 19.1 Å². The number of morpholine rings is 1. The molecule has 2 rings (SSSR count). The van der Waals surface area contributed by atoms with Crippen LogP contribution < -0.4 is 0 Å². The van der Waals surface area contributed by atoms with Gasteiger partial charge < -0.3 is 14.4 Å². The molecule has 0 aliphatic carbocycles. The smallest absolute Gasteiger partial charge is 0.310 e. The molecule has 0 radical (unpaired) electrons. The van der Waals surface area contributed by atoms with Crippen molar-refractivity contribution >= 4 is 17.4 Å².